The lowest BCUT2D eigenvalue weighted by atomic mass is 10.1. The molecule has 1 fully saturated rings. The zero-order valence-corrected chi connectivity index (χ0v) is 12.6. The van der Waals surface area contributed by atoms with Crippen LogP contribution >= 0.6 is 12.4 Å². The molecule has 1 saturated heterocycles. The quantitative estimate of drug-likeness (QED) is 0.771. The summed E-state index contributed by atoms with van der Waals surface area (Å²) < 4.78 is 25.7. The fourth-order valence-electron chi connectivity index (χ4n) is 1.92. The molecular weight excluding hydrogens is 278 g/mol. The number of carbonyl (C=O) groups is 1. The van der Waals surface area contributed by atoms with E-state index >= 15 is 0 Å². The first-order valence-electron chi connectivity index (χ1n) is 5.72. The number of halogens is 1. The van der Waals surface area contributed by atoms with Crippen molar-refractivity contribution in [3.05, 3.63) is 0 Å². The molecule has 108 valence electrons. The summed E-state index contributed by atoms with van der Waals surface area (Å²) in [4.78, 5) is 13.0. The Kier molecular flexibility index (Phi) is 6.56. The van der Waals surface area contributed by atoms with Crippen LogP contribution in [-0.2, 0) is 14.8 Å². The number of sulfonamides is 1. The molecule has 1 unspecified atom stereocenters. The molecule has 18 heavy (non-hydrogen) atoms. The molecule has 8 heteroatoms. The van der Waals surface area contributed by atoms with Crippen molar-refractivity contribution in [3.63, 3.8) is 0 Å². The third-order valence-corrected chi connectivity index (χ3v) is 5.16. The summed E-state index contributed by atoms with van der Waals surface area (Å²) in [5, 5.41) is -1.04. The molecule has 0 saturated carbocycles. The van der Waals surface area contributed by atoms with Crippen molar-refractivity contribution >= 4 is 28.3 Å². The molecular formula is C10H22ClN3O3S. The Balaban J connectivity index is 0.00000289. The van der Waals surface area contributed by atoms with E-state index in [1.54, 1.807) is 14.1 Å². The molecule has 1 aliphatic rings. The third kappa shape index (κ3) is 3.81. The zero-order valence-electron chi connectivity index (χ0n) is 11.0. The summed E-state index contributed by atoms with van der Waals surface area (Å²) in [6, 6.07) is -0.125. The van der Waals surface area contributed by atoms with Crippen LogP contribution in [0.25, 0.3) is 0 Å². The van der Waals surface area contributed by atoms with Gasteiger partial charge < -0.3 is 10.6 Å². The smallest absolute Gasteiger partial charge is 0.241 e. The van der Waals surface area contributed by atoms with Crippen molar-refractivity contribution in [1.29, 1.82) is 0 Å². The van der Waals surface area contributed by atoms with Crippen molar-refractivity contribution in [2.45, 2.75) is 31.1 Å². The van der Waals surface area contributed by atoms with Gasteiger partial charge in [0, 0.05) is 33.2 Å². The van der Waals surface area contributed by atoms with Crippen LogP contribution in [-0.4, -0.2) is 62.0 Å². The highest BCUT2D eigenvalue weighted by Crippen LogP contribution is 2.17. The van der Waals surface area contributed by atoms with Gasteiger partial charge in [0.25, 0.3) is 0 Å². The number of amides is 1. The van der Waals surface area contributed by atoms with E-state index in [4.69, 9.17) is 5.73 Å². The number of nitrogens with two attached hydrogens (primary N) is 1. The lowest BCUT2D eigenvalue weighted by Crippen LogP contribution is -2.51. The van der Waals surface area contributed by atoms with E-state index in [1.165, 1.54) is 16.1 Å². The second-order valence-electron chi connectivity index (χ2n) is 4.68. The van der Waals surface area contributed by atoms with Crippen LogP contribution < -0.4 is 5.73 Å². The van der Waals surface area contributed by atoms with Crippen molar-refractivity contribution in [3.8, 4) is 0 Å². The Morgan fingerprint density at radius 3 is 2.44 bits per heavy atom. The summed E-state index contributed by atoms with van der Waals surface area (Å²) in [5.74, 6) is -0.399. The number of piperidine rings is 1. The van der Waals surface area contributed by atoms with Crippen LogP contribution in [0.2, 0.25) is 0 Å². The van der Waals surface area contributed by atoms with Crippen molar-refractivity contribution in [1.82, 2.24) is 9.21 Å². The van der Waals surface area contributed by atoms with Gasteiger partial charge in [-0.15, -0.1) is 12.4 Å². The van der Waals surface area contributed by atoms with Crippen LogP contribution in [0, 0.1) is 0 Å². The topological polar surface area (TPSA) is 83.7 Å². The van der Waals surface area contributed by atoms with E-state index in [-0.39, 0.29) is 18.4 Å². The fraction of sp³-hybridized carbons (Fsp3) is 0.900. The van der Waals surface area contributed by atoms with E-state index in [0.29, 0.717) is 13.1 Å². The normalized spacial score (nSPS) is 23.0. The molecule has 1 heterocycles. The maximum absolute atomic E-state index is 12.2. The van der Waals surface area contributed by atoms with E-state index in [0.717, 1.165) is 12.8 Å². The number of hydrogen-bond acceptors (Lipinski definition) is 4. The molecule has 0 aromatic carbocycles. The summed E-state index contributed by atoms with van der Waals surface area (Å²) in [6.07, 6.45) is 1.59. The van der Waals surface area contributed by atoms with E-state index in [2.05, 4.69) is 0 Å². The Bertz CT molecular complexity index is 386. The van der Waals surface area contributed by atoms with Gasteiger partial charge in [-0.25, -0.2) is 8.42 Å². The minimum Gasteiger partial charge on any atom is -0.348 e. The van der Waals surface area contributed by atoms with Gasteiger partial charge in [0.05, 0.1) is 0 Å². The zero-order chi connectivity index (χ0) is 13.2. The minimum atomic E-state index is -3.58. The van der Waals surface area contributed by atoms with Gasteiger partial charge >= 0.3 is 0 Å². The molecule has 1 amide bonds. The SMILES string of the molecule is CC(C(=O)N(C)C)S(=O)(=O)N1CCC[C@@H](N)C1.Cl. The number of hydrogen-bond donors (Lipinski definition) is 1. The maximum Gasteiger partial charge on any atom is 0.241 e. The highest BCUT2D eigenvalue weighted by Gasteiger charge is 2.36. The lowest BCUT2D eigenvalue weighted by molar-refractivity contribution is -0.128. The summed E-state index contributed by atoms with van der Waals surface area (Å²) in [6.45, 7) is 2.20. The molecule has 0 aliphatic carbocycles. The average Bonchev–Trinajstić information content (AvgIpc) is 2.26. The van der Waals surface area contributed by atoms with Gasteiger partial charge in [-0.2, -0.15) is 4.31 Å². The minimum absolute atomic E-state index is 0. The van der Waals surface area contributed by atoms with Gasteiger partial charge in [0.1, 0.15) is 0 Å². The van der Waals surface area contributed by atoms with Gasteiger partial charge in [0.2, 0.25) is 15.9 Å². The van der Waals surface area contributed by atoms with E-state index < -0.39 is 21.2 Å². The summed E-state index contributed by atoms with van der Waals surface area (Å²) >= 11 is 0. The standard InChI is InChI=1S/C10H21N3O3S.ClH/c1-8(10(14)12(2)3)17(15,16)13-6-4-5-9(11)7-13;/h8-9H,4-7,11H2,1-3H3;1H/t8?,9-;/m1./s1. The average molecular weight is 300 g/mol. The first-order valence-corrected chi connectivity index (χ1v) is 7.23. The van der Waals surface area contributed by atoms with Crippen molar-refractivity contribution < 1.29 is 13.2 Å². The highest BCUT2D eigenvalue weighted by atomic mass is 35.5. The Morgan fingerprint density at radius 1 is 1.44 bits per heavy atom. The van der Waals surface area contributed by atoms with Crippen molar-refractivity contribution in [2.75, 3.05) is 27.2 Å². The lowest BCUT2D eigenvalue weighted by Gasteiger charge is -2.32. The molecule has 0 spiro atoms. The highest BCUT2D eigenvalue weighted by molar-refractivity contribution is 7.90. The van der Waals surface area contributed by atoms with Crippen LogP contribution in [0.3, 0.4) is 0 Å². The van der Waals surface area contributed by atoms with Crippen LogP contribution in [0.15, 0.2) is 0 Å². The largest absolute Gasteiger partial charge is 0.348 e. The molecule has 0 aromatic heterocycles. The second kappa shape index (κ2) is 6.70. The van der Waals surface area contributed by atoms with Gasteiger partial charge in [-0.05, 0) is 19.8 Å². The molecule has 1 aliphatic heterocycles. The second-order valence-corrected chi connectivity index (χ2v) is 6.93. The van der Waals surface area contributed by atoms with Gasteiger partial charge in [-0.3, -0.25) is 4.79 Å². The van der Waals surface area contributed by atoms with E-state index in [1.807, 2.05) is 0 Å². The number of carbonyl (C=O) groups excluding carboxylic acids is 1. The third-order valence-electron chi connectivity index (χ3n) is 3.02. The van der Waals surface area contributed by atoms with E-state index in [9.17, 15) is 13.2 Å². The first kappa shape index (κ1) is 17.6. The molecule has 2 atom stereocenters. The summed E-state index contributed by atoms with van der Waals surface area (Å²) in [7, 11) is -0.473. The van der Waals surface area contributed by atoms with Gasteiger partial charge in [0.15, 0.2) is 5.25 Å². The molecule has 1 rings (SSSR count). The van der Waals surface area contributed by atoms with Crippen LogP contribution in [0.4, 0.5) is 0 Å². The molecule has 2 N–H and O–H groups in total. The fourth-order valence-corrected chi connectivity index (χ4v) is 3.62. The van der Waals surface area contributed by atoms with Crippen LogP contribution in [0.5, 0.6) is 0 Å². The van der Waals surface area contributed by atoms with Crippen LogP contribution in [0.1, 0.15) is 19.8 Å². The first-order chi connectivity index (χ1) is 7.76. The Labute approximate surface area is 115 Å². The molecule has 0 bridgehead atoms. The maximum atomic E-state index is 12.2. The Morgan fingerprint density at radius 2 is 2.00 bits per heavy atom. The number of nitrogens with zero attached hydrogens (tertiary/aromatic N) is 2. The molecule has 0 radical (unpaired) electrons. The van der Waals surface area contributed by atoms with Crippen molar-refractivity contribution in [2.24, 2.45) is 5.73 Å². The monoisotopic (exact) mass is 299 g/mol. The molecule has 0 aromatic rings. The number of rotatable bonds is 3. The predicted octanol–water partition coefficient (Wildman–Crippen LogP) is -0.362. The van der Waals surface area contributed by atoms with Gasteiger partial charge in [-0.1, -0.05) is 0 Å². The Hall–Kier alpha value is -0.370. The summed E-state index contributed by atoms with van der Waals surface area (Å²) in [5.41, 5.74) is 5.76. The predicted molar refractivity (Wildman–Crippen MR) is 73.1 cm³/mol. The molecule has 6 nitrogen and oxygen atoms in total.